The number of hydrogen-bond donors (Lipinski definition) is 1. The first kappa shape index (κ1) is 17.2. The maximum atomic E-state index is 12.4. The van der Waals surface area contributed by atoms with Crippen molar-refractivity contribution in [3.63, 3.8) is 0 Å². The van der Waals surface area contributed by atoms with E-state index in [1.165, 1.54) is 0 Å². The van der Waals surface area contributed by atoms with E-state index in [0.717, 1.165) is 29.5 Å². The molecule has 3 rings (SSSR count). The van der Waals surface area contributed by atoms with E-state index in [4.69, 9.17) is 10.2 Å². The van der Waals surface area contributed by atoms with E-state index < -0.39 is 0 Å². The van der Waals surface area contributed by atoms with Crippen LogP contribution in [0.15, 0.2) is 39.4 Å². The first-order chi connectivity index (χ1) is 11.5. The number of carbonyl (C=O) groups excluding carboxylic acids is 1. The van der Waals surface area contributed by atoms with Gasteiger partial charge in [0.15, 0.2) is 11.7 Å². The SMILES string of the molecule is CC1(CN)CCN(C(=O)CCc2ncc(-c3ccccc3Br)o2)C1. The van der Waals surface area contributed by atoms with Crippen molar-refractivity contribution in [2.45, 2.75) is 26.2 Å². The number of hydrogen-bond acceptors (Lipinski definition) is 4. The van der Waals surface area contributed by atoms with Crippen molar-refractivity contribution in [2.24, 2.45) is 11.1 Å². The predicted octanol–water partition coefficient (Wildman–Crippen LogP) is 3.23. The molecular formula is C18H22BrN3O2. The van der Waals surface area contributed by atoms with E-state index in [1.807, 2.05) is 29.2 Å². The zero-order valence-corrected chi connectivity index (χ0v) is 15.4. The highest BCUT2D eigenvalue weighted by Gasteiger charge is 2.34. The summed E-state index contributed by atoms with van der Waals surface area (Å²) in [5.41, 5.74) is 6.82. The summed E-state index contributed by atoms with van der Waals surface area (Å²) < 4.78 is 6.75. The van der Waals surface area contributed by atoms with Crippen molar-refractivity contribution >= 4 is 21.8 Å². The monoisotopic (exact) mass is 391 g/mol. The molecule has 0 bridgehead atoms. The van der Waals surface area contributed by atoms with E-state index in [0.29, 0.717) is 31.0 Å². The normalized spacial score (nSPS) is 20.5. The molecule has 1 saturated heterocycles. The molecule has 6 heteroatoms. The van der Waals surface area contributed by atoms with Crippen molar-refractivity contribution in [2.75, 3.05) is 19.6 Å². The number of benzene rings is 1. The topological polar surface area (TPSA) is 72.4 Å². The van der Waals surface area contributed by atoms with Gasteiger partial charge in [-0.2, -0.15) is 0 Å². The van der Waals surface area contributed by atoms with E-state index in [9.17, 15) is 4.79 Å². The lowest BCUT2D eigenvalue weighted by atomic mass is 9.90. The average molecular weight is 392 g/mol. The highest BCUT2D eigenvalue weighted by Crippen LogP contribution is 2.30. The number of oxazole rings is 1. The zero-order valence-electron chi connectivity index (χ0n) is 13.8. The molecule has 1 unspecified atom stereocenters. The van der Waals surface area contributed by atoms with E-state index >= 15 is 0 Å². The summed E-state index contributed by atoms with van der Waals surface area (Å²) in [7, 11) is 0. The Morgan fingerprint density at radius 2 is 2.25 bits per heavy atom. The molecule has 5 nitrogen and oxygen atoms in total. The minimum Gasteiger partial charge on any atom is -0.441 e. The average Bonchev–Trinajstić information content (AvgIpc) is 3.21. The molecule has 0 spiro atoms. The van der Waals surface area contributed by atoms with Gasteiger partial charge in [-0.25, -0.2) is 4.98 Å². The summed E-state index contributed by atoms with van der Waals surface area (Å²) in [6, 6.07) is 7.84. The van der Waals surface area contributed by atoms with Crippen LogP contribution in [0.3, 0.4) is 0 Å². The second-order valence-electron chi connectivity index (χ2n) is 6.68. The molecule has 0 aliphatic carbocycles. The molecule has 2 heterocycles. The minimum atomic E-state index is 0.0609. The number of nitrogens with zero attached hydrogens (tertiary/aromatic N) is 2. The summed E-state index contributed by atoms with van der Waals surface area (Å²) in [6.45, 7) is 4.29. The lowest BCUT2D eigenvalue weighted by Crippen LogP contribution is -2.34. The van der Waals surface area contributed by atoms with Crippen LogP contribution in [0.2, 0.25) is 0 Å². The summed E-state index contributed by atoms with van der Waals surface area (Å²) in [6.07, 6.45) is 3.61. The van der Waals surface area contributed by atoms with Gasteiger partial charge >= 0.3 is 0 Å². The van der Waals surface area contributed by atoms with Crippen LogP contribution in [0.25, 0.3) is 11.3 Å². The van der Waals surface area contributed by atoms with Gasteiger partial charge in [0.25, 0.3) is 0 Å². The quantitative estimate of drug-likeness (QED) is 0.848. The Balaban J connectivity index is 1.58. The third-order valence-electron chi connectivity index (χ3n) is 4.65. The van der Waals surface area contributed by atoms with Gasteiger partial charge in [-0.05, 0) is 24.4 Å². The van der Waals surface area contributed by atoms with E-state index in [2.05, 4.69) is 27.8 Å². The fourth-order valence-electron chi connectivity index (χ4n) is 2.99. The van der Waals surface area contributed by atoms with Crippen LogP contribution in [0, 0.1) is 5.41 Å². The van der Waals surface area contributed by atoms with Gasteiger partial charge in [-0.1, -0.05) is 41.1 Å². The Hall–Kier alpha value is -1.66. The molecule has 0 radical (unpaired) electrons. The molecule has 128 valence electrons. The van der Waals surface area contributed by atoms with Crippen molar-refractivity contribution in [3.05, 3.63) is 40.8 Å². The maximum absolute atomic E-state index is 12.4. The number of nitrogens with two attached hydrogens (primary N) is 1. The minimum absolute atomic E-state index is 0.0609. The third kappa shape index (κ3) is 3.70. The molecule has 2 aromatic rings. The molecule has 1 atom stereocenters. The molecule has 2 N–H and O–H groups in total. The van der Waals surface area contributed by atoms with Gasteiger partial charge < -0.3 is 15.1 Å². The van der Waals surface area contributed by atoms with Gasteiger partial charge in [0.1, 0.15) is 0 Å². The fraction of sp³-hybridized carbons (Fsp3) is 0.444. The molecule has 24 heavy (non-hydrogen) atoms. The number of rotatable bonds is 5. The van der Waals surface area contributed by atoms with Gasteiger partial charge in [0.2, 0.25) is 5.91 Å². The van der Waals surface area contributed by atoms with Crippen molar-refractivity contribution in [1.82, 2.24) is 9.88 Å². The Bertz CT molecular complexity index is 731. The van der Waals surface area contributed by atoms with Crippen molar-refractivity contribution < 1.29 is 9.21 Å². The summed E-state index contributed by atoms with van der Waals surface area (Å²) in [5.74, 6) is 1.45. The second kappa shape index (κ2) is 7.07. The fourth-order valence-corrected chi connectivity index (χ4v) is 3.47. The Kier molecular flexibility index (Phi) is 5.06. The van der Waals surface area contributed by atoms with E-state index in [1.54, 1.807) is 6.20 Å². The number of aryl methyl sites for hydroxylation is 1. The van der Waals surface area contributed by atoms with Crippen molar-refractivity contribution in [3.8, 4) is 11.3 Å². The first-order valence-electron chi connectivity index (χ1n) is 8.18. The van der Waals surface area contributed by atoms with Crippen molar-refractivity contribution in [1.29, 1.82) is 0 Å². The highest BCUT2D eigenvalue weighted by atomic mass is 79.9. The standard InChI is InChI=1S/C18H22BrN3O2/c1-18(11-20)8-9-22(12-18)17(23)7-6-16-21-10-15(24-16)13-4-2-3-5-14(13)19/h2-5,10H,6-9,11-12,20H2,1H3. The van der Waals surface area contributed by atoms with Gasteiger partial charge in [-0.3, -0.25) is 4.79 Å². The van der Waals surface area contributed by atoms with Crippen LogP contribution < -0.4 is 5.73 Å². The molecule has 1 aliphatic rings. The molecule has 1 amide bonds. The van der Waals surface area contributed by atoms with Gasteiger partial charge in [0, 0.05) is 36.0 Å². The molecule has 1 fully saturated rings. The number of likely N-dealkylation sites (tertiary alicyclic amines) is 1. The van der Waals surface area contributed by atoms with Crippen LogP contribution in [0.1, 0.15) is 25.7 Å². The van der Waals surface area contributed by atoms with Crippen LogP contribution in [-0.2, 0) is 11.2 Å². The number of halogens is 1. The number of amides is 1. The Labute approximate surface area is 150 Å². The summed E-state index contributed by atoms with van der Waals surface area (Å²) in [5, 5.41) is 0. The van der Waals surface area contributed by atoms with Gasteiger partial charge in [0.05, 0.1) is 6.20 Å². The van der Waals surface area contributed by atoms with Crippen LogP contribution in [0.5, 0.6) is 0 Å². The largest absolute Gasteiger partial charge is 0.441 e. The molecule has 1 aliphatic heterocycles. The molecule has 1 aromatic heterocycles. The lowest BCUT2D eigenvalue weighted by molar-refractivity contribution is -0.130. The van der Waals surface area contributed by atoms with Crippen LogP contribution in [-0.4, -0.2) is 35.4 Å². The predicted molar refractivity (Wildman–Crippen MR) is 96.3 cm³/mol. The zero-order chi connectivity index (χ0) is 17.2. The van der Waals surface area contributed by atoms with E-state index in [-0.39, 0.29) is 11.3 Å². The van der Waals surface area contributed by atoms with Crippen LogP contribution >= 0.6 is 15.9 Å². The Morgan fingerprint density at radius 1 is 1.46 bits per heavy atom. The highest BCUT2D eigenvalue weighted by molar-refractivity contribution is 9.10. The number of carbonyl (C=O) groups is 1. The third-order valence-corrected chi connectivity index (χ3v) is 5.34. The molecular weight excluding hydrogens is 370 g/mol. The summed E-state index contributed by atoms with van der Waals surface area (Å²) >= 11 is 3.51. The lowest BCUT2D eigenvalue weighted by Gasteiger charge is -2.22. The second-order valence-corrected chi connectivity index (χ2v) is 7.53. The van der Waals surface area contributed by atoms with Crippen LogP contribution in [0.4, 0.5) is 0 Å². The molecule has 0 saturated carbocycles. The smallest absolute Gasteiger partial charge is 0.223 e. The Morgan fingerprint density at radius 3 is 2.96 bits per heavy atom. The van der Waals surface area contributed by atoms with Gasteiger partial charge in [-0.15, -0.1) is 0 Å². The molecule has 1 aromatic carbocycles. The summed E-state index contributed by atoms with van der Waals surface area (Å²) in [4.78, 5) is 18.6. The first-order valence-corrected chi connectivity index (χ1v) is 8.97. The number of aromatic nitrogens is 1. The maximum Gasteiger partial charge on any atom is 0.223 e.